The van der Waals surface area contributed by atoms with Gasteiger partial charge >= 0.3 is 0 Å². The topological polar surface area (TPSA) is 42.7 Å². The Hall–Kier alpha value is -1.20. The third-order valence-electron chi connectivity index (χ3n) is 2.47. The van der Waals surface area contributed by atoms with Crippen LogP contribution in [0.3, 0.4) is 0 Å². The molecule has 2 aromatic rings. The Labute approximate surface area is 106 Å². The summed E-state index contributed by atoms with van der Waals surface area (Å²) in [6.45, 7) is 7.98. The average molecular weight is 250 g/mol. The van der Waals surface area contributed by atoms with Gasteiger partial charge in [-0.1, -0.05) is 13.8 Å². The number of nitrogens with zero attached hydrogens (tertiary/aromatic N) is 3. The van der Waals surface area contributed by atoms with Crippen LogP contribution < -0.4 is 5.32 Å². The van der Waals surface area contributed by atoms with Gasteiger partial charge in [-0.2, -0.15) is 0 Å². The molecule has 0 spiro atoms. The van der Waals surface area contributed by atoms with Crippen molar-refractivity contribution in [3.05, 3.63) is 34.3 Å². The third kappa shape index (κ3) is 3.38. The quantitative estimate of drug-likeness (QED) is 0.884. The lowest BCUT2D eigenvalue weighted by Crippen LogP contribution is -2.24. The molecule has 2 heterocycles. The van der Waals surface area contributed by atoms with Crippen LogP contribution in [0.25, 0.3) is 0 Å². The second kappa shape index (κ2) is 5.42. The molecule has 1 N–H and O–H groups in total. The molecule has 0 atom stereocenters. The number of rotatable bonds is 5. The summed E-state index contributed by atoms with van der Waals surface area (Å²) in [7, 11) is 0. The SMILES string of the molecule is Cc1ncc(Cn2ccnc2CNC(C)C)s1. The summed E-state index contributed by atoms with van der Waals surface area (Å²) in [4.78, 5) is 9.92. The summed E-state index contributed by atoms with van der Waals surface area (Å²) in [5, 5.41) is 4.50. The van der Waals surface area contributed by atoms with Crippen molar-refractivity contribution in [1.82, 2.24) is 19.9 Å². The van der Waals surface area contributed by atoms with E-state index in [-0.39, 0.29) is 0 Å². The Morgan fingerprint density at radius 3 is 2.88 bits per heavy atom. The Kier molecular flexibility index (Phi) is 3.91. The molecule has 92 valence electrons. The van der Waals surface area contributed by atoms with Gasteiger partial charge < -0.3 is 9.88 Å². The first-order valence-corrected chi connectivity index (χ1v) is 6.61. The van der Waals surface area contributed by atoms with E-state index < -0.39 is 0 Å². The van der Waals surface area contributed by atoms with Crippen LogP contribution in [0.4, 0.5) is 0 Å². The van der Waals surface area contributed by atoms with E-state index in [1.807, 2.05) is 25.5 Å². The van der Waals surface area contributed by atoms with E-state index in [2.05, 4.69) is 33.7 Å². The highest BCUT2D eigenvalue weighted by Crippen LogP contribution is 2.14. The number of hydrogen-bond donors (Lipinski definition) is 1. The number of hydrogen-bond acceptors (Lipinski definition) is 4. The van der Waals surface area contributed by atoms with E-state index in [9.17, 15) is 0 Å². The second-order valence-electron chi connectivity index (χ2n) is 4.35. The molecular weight excluding hydrogens is 232 g/mol. The van der Waals surface area contributed by atoms with Crippen molar-refractivity contribution in [2.24, 2.45) is 0 Å². The van der Waals surface area contributed by atoms with Crippen LogP contribution in [0.15, 0.2) is 18.6 Å². The summed E-state index contributed by atoms with van der Waals surface area (Å²) in [6.07, 6.45) is 5.82. The minimum Gasteiger partial charge on any atom is -0.329 e. The van der Waals surface area contributed by atoms with Gasteiger partial charge in [0.15, 0.2) is 0 Å². The van der Waals surface area contributed by atoms with Gasteiger partial charge in [-0.05, 0) is 6.92 Å². The van der Waals surface area contributed by atoms with Crippen LogP contribution >= 0.6 is 11.3 Å². The molecule has 0 aromatic carbocycles. The van der Waals surface area contributed by atoms with Crippen molar-refractivity contribution in [3.63, 3.8) is 0 Å². The average Bonchev–Trinajstić information content (AvgIpc) is 2.86. The lowest BCUT2D eigenvalue weighted by molar-refractivity contribution is 0.555. The van der Waals surface area contributed by atoms with Crippen LogP contribution in [0.5, 0.6) is 0 Å². The molecule has 0 saturated heterocycles. The first-order valence-electron chi connectivity index (χ1n) is 5.80. The Morgan fingerprint density at radius 1 is 1.41 bits per heavy atom. The summed E-state index contributed by atoms with van der Waals surface area (Å²) in [5.74, 6) is 1.07. The van der Waals surface area contributed by atoms with Gasteiger partial charge in [0.05, 0.1) is 18.1 Å². The van der Waals surface area contributed by atoms with Crippen molar-refractivity contribution in [2.75, 3.05) is 0 Å². The lowest BCUT2D eigenvalue weighted by atomic mass is 10.4. The Balaban J connectivity index is 2.03. The molecule has 0 aliphatic rings. The molecule has 0 unspecified atom stereocenters. The normalized spacial score (nSPS) is 11.3. The van der Waals surface area contributed by atoms with Crippen LogP contribution in [-0.2, 0) is 13.1 Å². The monoisotopic (exact) mass is 250 g/mol. The minimum atomic E-state index is 0.478. The number of aryl methyl sites for hydroxylation is 1. The van der Waals surface area contributed by atoms with Gasteiger partial charge in [0, 0.05) is 29.5 Å². The maximum Gasteiger partial charge on any atom is 0.122 e. The zero-order valence-corrected chi connectivity index (χ0v) is 11.3. The van der Waals surface area contributed by atoms with E-state index >= 15 is 0 Å². The highest BCUT2D eigenvalue weighted by atomic mass is 32.1. The van der Waals surface area contributed by atoms with Gasteiger partial charge in [0.1, 0.15) is 5.82 Å². The summed E-state index contributed by atoms with van der Waals surface area (Å²) in [5.41, 5.74) is 0. The molecular formula is C12H18N4S. The smallest absolute Gasteiger partial charge is 0.122 e. The van der Waals surface area contributed by atoms with E-state index in [4.69, 9.17) is 0 Å². The van der Waals surface area contributed by atoms with Crippen LogP contribution in [0, 0.1) is 6.92 Å². The fourth-order valence-corrected chi connectivity index (χ4v) is 2.39. The highest BCUT2D eigenvalue weighted by Gasteiger charge is 2.05. The zero-order chi connectivity index (χ0) is 12.3. The third-order valence-corrected chi connectivity index (χ3v) is 3.36. The van der Waals surface area contributed by atoms with Crippen molar-refractivity contribution >= 4 is 11.3 Å². The van der Waals surface area contributed by atoms with Crippen molar-refractivity contribution < 1.29 is 0 Å². The molecule has 0 fully saturated rings. The van der Waals surface area contributed by atoms with Gasteiger partial charge in [0.25, 0.3) is 0 Å². The van der Waals surface area contributed by atoms with Crippen molar-refractivity contribution in [3.8, 4) is 0 Å². The number of nitrogens with one attached hydrogen (secondary N) is 1. The molecule has 0 aliphatic carbocycles. The van der Waals surface area contributed by atoms with Crippen LogP contribution in [-0.4, -0.2) is 20.6 Å². The molecule has 17 heavy (non-hydrogen) atoms. The van der Waals surface area contributed by atoms with Gasteiger partial charge in [-0.3, -0.25) is 0 Å². The standard InChI is InChI=1S/C12H18N4S/c1-9(2)14-7-12-13-4-5-16(12)8-11-6-15-10(3)17-11/h4-6,9,14H,7-8H2,1-3H3. The second-order valence-corrected chi connectivity index (χ2v) is 5.67. The van der Waals surface area contributed by atoms with E-state index in [1.165, 1.54) is 4.88 Å². The summed E-state index contributed by atoms with van der Waals surface area (Å²) >= 11 is 1.74. The van der Waals surface area contributed by atoms with Crippen LogP contribution in [0.2, 0.25) is 0 Å². The van der Waals surface area contributed by atoms with Crippen molar-refractivity contribution in [2.45, 2.75) is 39.9 Å². The van der Waals surface area contributed by atoms with E-state index in [0.29, 0.717) is 6.04 Å². The molecule has 2 rings (SSSR count). The first-order chi connectivity index (χ1) is 8.15. The molecule has 0 bridgehead atoms. The zero-order valence-electron chi connectivity index (χ0n) is 10.5. The number of imidazole rings is 1. The predicted molar refractivity (Wildman–Crippen MR) is 70.2 cm³/mol. The Bertz CT molecular complexity index is 472. The molecule has 0 amide bonds. The highest BCUT2D eigenvalue weighted by molar-refractivity contribution is 7.11. The number of thiazole rings is 1. The molecule has 5 heteroatoms. The number of aromatic nitrogens is 3. The maximum absolute atomic E-state index is 4.38. The molecule has 2 aromatic heterocycles. The van der Waals surface area contributed by atoms with E-state index in [1.54, 1.807) is 11.3 Å². The van der Waals surface area contributed by atoms with Gasteiger partial charge in [-0.25, -0.2) is 9.97 Å². The lowest BCUT2D eigenvalue weighted by Gasteiger charge is -2.09. The molecule has 0 aliphatic heterocycles. The fourth-order valence-electron chi connectivity index (χ4n) is 1.59. The minimum absolute atomic E-state index is 0.478. The largest absolute Gasteiger partial charge is 0.329 e. The predicted octanol–water partition coefficient (Wildman–Crippen LogP) is 2.19. The van der Waals surface area contributed by atoms with Gasteiger partial charge in [-0.15, -0.1) is 11.3 Å². The first kappa shape index (κ1) is 12.3. The van der Waals surface area contributed by atoms with E-state index in [0.717, 1.165) is 23.9 Å². The molecule has 0 radical (unpaired) electrons. The van der Waals surface area contributed by atoms with Crippen LogP contribution in [0.1, 0.15) is 29.6 Å². The molecule has 4 nitrogen and oxygen atoms in total. The summed E-state index contributed by atoms with van der Waals surface area (Å²) < 4.78 is 2.17. The molecule has 0 saturated carbocycles. The maximum atomic E-state index is 4.38. The van der Waals surface area contributed by atoms with Gasteiger partial charge in [0.2, 0.25) is 0 Å². The Morgan fingerprint density at radius 2 is 2.24 bits per heavy atom. The fraction of sp³-hybridized carbons (Fsp3) is 0.500. The summed E-state index contributed by atoms with van der Waals surface area (Å²) in [6, 6.07) is 0.478. The van der Waals surface area contributed by atoms with Crippen molar-refractivity contribution in [1.29, 1.82) is 0 Å².